The van der Waals surface area contributed by atoms with Crippen LogP contribution in [0.25, 0.3) is 75.4 Å². The summed E-state index contributed by atoms with van der Waals surface area (Å²) in [6.45, 7) is 2.33. The van der Waals surface area contributed by atoms with Crippen molar-refractivity contribution in [2.75, 3.05) is 0 Å². The van der Waals surface area contributed by atoms with E-state index in [2.05, 4.69) is 181 Å². The fraction of sp³-hybridized carbons (Fsp3) is 0.0816. The van der Waals surface area contributed by atoms with Crippen LogP contribution in [0, 0.1) is 5.92 Å². The zero-order chi connectivity index (χ0) is 34.6. The normalized spacial score (nSPS) is 16.1. The lowest BCUT2D eigenvalue weighted by molar-refractivity contribution is 0.625. The molecule has 2 atom stereocenters. The number of fused-ring (bicyclic) bond motifs is 6. The first-order valence-corrected chi connectivity index (χ1v) is 19.0. The van der Waals surface area contributed by atoms with Crippen molar-refractivity contribution in [3.8, 4) is 33.4 Å². The molecule has 2 nitrogen and oxygen atoms in total. The van der Waals surface area contributed by atoms with Crippen molar-refractivity contribution in [3.63, 3.8) is 0 Å². The molecule has 0 radical (unpaired) electrons. The third-order valence-electron chi connectivity index (χ3n) is 10.8. The number of hydrogen-bond donors (Lipinski definition) is 0. The van der Waals surface area contributed by atoms with E-state index in [1.807, 2.05) is 17.5 Å². The molecule has 0 aliphatic carbocycles. The maximum Gasteiger partial charge on any atom is 0.116 e. The molecule has 248 valence electrons. The smallest absolute Gasteiger partial charge is 0.116 e. The summed E-state index contributed by atoms with van der Waals surface area (Å²) in [4.78, 5) is 5.17. The van der Waals surface area contributed by atoms with Crippen LogP contribution < -0.4 is 0 Å². The van der Waals surface area contributed by atoms with Crippen LogP contribution in [-0.4, -0.2) is 10.4 Å². The summed E-state index contributed by atoms with van der Waals surface area (Å²) in [5, 5.41) is 5.18. The van der Waals surface area contributed by atoms with E-state index < -0.39 is 0 Å². The van der Waals surface area contributed by atoms with E-state index in [-0.39, 0.29) is 11.8 Å². The van der Waals surface area contributed by atoms with Gasteiger partial charge in [-0.05, 0) is 75.7 Å². The Hall–Kier alpha value is -6.03. The molecule has 52 heavy (non-hydrogen) atoms. The summed E-state index contributed by atoms with van der Waals surface area (Å²) in [5.41, 5.74) is 11.2. The standard InChI is InChI=1S/C49H36N2S/c1-32-29-38(35-23-21-34(22-24-35)37-14-9-13-36(30-37)33-11-3-2-4-12-33)27-28-50-49(32)51-45-19-7-5-15-41(45)44-31-39(25-26-46(44)51)40-17-10-18-43-42-16-6-8-20-47(42)52-48(40)43/h2-28,30-32,38H,29H2,1H3. The second-order valence-corrected chi connectivity index (χ2v) is 15.1. The fourth-order valence-electron chi connectivity index (χ4n) is 8.23. The van der Waals surface area contributed by atoms with Gasteiger partial charge in [-0.3, -0.25) is 4.57 Å². The number of aromatic nitrogens is 1. The lowest BCUT2D eigenvalue weighted by atomic mass is 9.88. The van der Waals surface area contributed by atoms with Crippen LogP contribution >= 0.6 is 11.3 Å². The van der Waals surface area contributed by atoms with E-state index in [0.29, 0.717) is 0 Å². The summed E-state index contributed by atoms with van der Waals surface area (Å²) < 4.78 is 5.09. The van der Waals surface area contributed by atoms with E-state index in [0.717, 1.165) is 12.3 Å². The average Bonchev–Trinajstić information content (AvgIpc) is 3.68. The van der Waals surface area contributed by atoms with Crippen molar-refractivity contribution in [2.45, 2.75) is 19.3 Å². The van der Waals surface area contributed by atoms with Gasteiger partial charge in [-0.2, -0.15) is 0 Å². The number of allylic oxidation sites excluding steroid dienone is 1. The molecule has 0 fully saturated rings. The number of nitrogens with zero attached hydrogens (tertiary/aromatic N) is 2. The first-order chi connectivity index (χ1) is 25.7. The summed E-state index contributed by atoms with van der Waals surface area (Å²) in [6.07, 6.45) is 5.31. The minimum Gasteiger partial charge on any atom is -0.297 e. The largest absolute Gasteiger partial charge is 0.297 e. The minimum atomic E-state index is 0.244. The number of thiophene rings is 1. The van der Waals surface area contributed by atoms with Crippen molar-refractivity contribution in [3.05, 3.63) is 182 Å². The molecule has 0 spiro atoms. The van der Waals surface area contributed by atoms with Gasteiger partial charge in [-0.1, -0.05) is 146 Å². The molecule has 2 aromatic heterocycles. The monoisotopic (exact) mass is 684 g/mol. The number of rotatable bonds is 4. The van der Waals surface area contributed by atoms with Gasteiger partial charge in [-0.25, -0.2) is 4.99 Å². The zero-order valence-electron chi connectivity index (χ0n) is 28.9. The molecule has 1 aliphatic heterocycles. The molecule has 3 heteroatoms. The summed E-state index contributed by atoms with van der Waals surface area (Å²) >= 11 is 1.89. The Balaban J connectivity index is 0.970. The molecule has 3 heterocycles. The molecular formula is C49H36N2S. The highest BCUT2D eigenvalue weighted by Crippen LogP contribution is 2.42. The third-order valence-corrected chi connectivity index (χ3v) is 12.1. The molecule has 7 aromatic carbocycles. The Kier molecular flexibility index (Phi) is 7.47. The molecule has 9 aromatic rings. The van der Waals surface area contributed by atoms with Crippen molar-refractivity contribution < 1.29 is 0 Å². The van der Waals surface area contributed by atoms with Crippen LogP contribution in [0.5, 0.6) is 0 Å². The number of hydrogen-bond acceptors (Lipinski definition) is 2. The molecule has 0 bridgehead atoms. The average molecular weight is 685 g/mol. The topological polar surface area (TPSA) is 17.3 Å². The summed E-state index contributed by atoms with van der Waals surface area (Å²) in [5.74, 6) is 1.62. The van der Waals surface area contributed by atoms with Crippen LogP contribution in [0.4, 0.5) is 0 Å². The first kappa shape index (κ1) is 30.8. The molecular weight excluding hydrogens is 649 g/mol. The highest BCUT2D eigenvalue weighted by atomic mass is 32.1. The molecule has 0 saturated carbocycles. The van der Waals surface area contributed by atoms with Gasteiger partial charge in [-0.15, -0.1) is 11.3 Å². The minimum absolute atomic E-state index is 0.244. The molecule has 0 saturated heterocycles. The van der Waals surface area contributed by atoms with Crippen LogP contribution in [0.3, 0.4) is 0 Å². The van der Waals surface area contributed by atoms with E-state index >= 15 is 0 Å². The van der Waals surface area contributed by atoms with Gasteiger partial charge in [0.25, 0.3) is 0 Å². The van der Waals surface area contributed by atoms with Crippen LogP contribution in [0.15, 0.2) is 181 Å². The summed E-state index contributed by atoms with van der Waals surface area (Å²) in [6, 6.07) is 59.9. The lowest BCUT2D eigenvalue weighted by Crippen LogP contribution is -2.21. The molecule has 0 amide bonds. The Morgan fingerprint density at radius 2 is 1.19 bits per heavy atom. The van der Waals surface area contributed by atoms with Gasteiger partial charge in [0.1, 0.15) is 5.84 Å². The van der Waals surface area contributed by atoms with E-state index in [4.69, 9.17) is 4.99 Å². The van der Waals surface area contributed by atoms with Gasteiger partial charge in [0.2, 0.25) is 0 Å². The Morgan fingerprint density at radius 1 is 0.538 bits per heavy atom. The van der Waals surface area contributed by atoms with Crippen molar-refractivity contribution >= 4 is 59.2 Å². The van der Waals surface area contributed by atoms with E-state index in [9.17, 15) is 0 Å². The van der Waals surface area contributed by atoms with Crippen LogP contribution in [-0.2, 0) is 0 Å². The second kappa shape index (κ2) is 12.6. The van der Waals surface area contributed by atoms with Gasteiger partial charge in [0, 0.05) is 49.0 Å². The predicted molar refractivity (Wildman–Crippen MR) is 224 cm³/mol. The van der Waals surface area contributed by atoms with Crippen molar-refractivity contribution in [2.24, 2.45) is 10.9 Å². The SMILES string of the molecule is CC1CC(c2ccc(-c3cccc(-c4ccccc4)c3)cc2)C=CN=C1n1c2ccccc2c2cc(-c3cccc4c3sc3ccccc34)ccc21. The number of benzene rings is 7. The molecule has 2 unspecified atom stereocenters. The highest BCUT2D eigenvalue weighted by Gasteiger charge is 2.24. The number of aliphatic imine (C=N–C) groups is 1. The van der Waals surface area contributed by atoms with Gasteiger partial charge in [0.15, 0.2) is 0 Å². The van der Waals surface area contributed by atoms with Crippen molar-refractivity contribution in [1.29, 1.82) is 0 Å². The molecule has 1 aliphatic rings. The van der Waals surface area contributed by atoms with Crippen LogP contribution in [0.1, 0.15) is 24.8 Å². The van der Waals surface area contributed by atoms with E-state index in [1.54, 1.807) is 0 Å². The Bertz CT molecular complexity index is 2830. The first-order valence-electron chi connectivity index (χ1n) is 18.1. The maximum atomic E-state index is 5.17. The lowest BCUT2D eigenvalue weighted by Gasteiger charge is -2.20. The van der Waals surface area contributed by atoms with Gasteiger partial charge < -0.3 is 0 Å². The van der Waals surface area contributed by atoms with Crippen molar-refractivity contribution in [1.82, 2.24) is 4.57 Å². The zero-order valence-corrected chi connectivity index (χ0v) is 29.7. The fourth-order valence-corrected chi connectivity index (χ4v) is 9.47. The van der Waals surface area contributed by atoms with Gasteiger partial charge in [0.05, 0.1) is 11.0 Å². The Morgan fingerprint density at radius 3 is 2.04 bits per heavy atom. The quantitative estimate of drug-likeness (QED) is 0.176. The maximum absolute atomic E-state index is 5.17. The molecule has 10 rings (SSSR count). The predicted octanol–water partition coefficient (Wildman–Crippen LogP) is 13.7. The second-order valence-electron chi connectivity index (χ2n) is 14.0. The third kappa shape index (κ3) is 5.20. The van der Waals surface area contributed by atoms with E-state index in [1.165, 1.54) is 80.9 Å². The number of para-hydroxylation sites is 1. The van der Waals surface area contributed by atoms with Gasteiger partial charge >= 0.3 is 0 Å². The highest BCUT2D eigenvalue weighted by molar-refractivity contribution is 7.26. The summed E-state index contributed by atoms with van der Waals surface area (Å²) in [7, 11) is 0. The Labute approximate surface area is 307 Å². The van der Waals surface area contributed by atoms with Crippen LogP contribution in [0.2, 0.25) is 0 Å². The molecule has 0 N–H and O–H groups in total.